The van der Waals surface area contributed by atoms with Crippen molar-refractivity contribution in [2.75, 3.05) is 0 Å². The molecule has 0 aliphatic heterocycles. The lowest BCUT2D eigenvalue weighted by atomic mass is 10.1. The van der Waals surface area contributed by atoms with Crippen LogP contribution in [0.4, 0.5) is 0 Å². The molecule has 1 heterocycles. The van der Waals surface area contributed by atoms with Crippen LogP contribution in [0.25, 0.3) is 10.9 Å². The third-order valence-electron chi connectivity index (χ3n) is 4.68. The number of carbonyl (C=O) groups is 2. The quantitative estimate of drug-likeness (QED) is 0.454. The number of benzene rings is 2. The number of fused-ring (bicyclic) bond motifs is 1. The predicted molar refractivity (Wildman–Crippen MR) is 115 cm³/mol. The van der Waals surface area contributed by atoms with Gasteiger partial charge in [0.2, 0.25) is 12.3 Å². The Labute approximate surface area is 173 Å². The van der Waals surface area contributed by atoms with E-state index in [1.165, 1.54) is 4.57 Å². The fraction of sp³-hybridized carbons (Fsp3) is 0.273. The summed E-state index contributed by atoms with van der Waals surface area (Å²) < 4.78 is 1.41. The maximum atomic E-state index is 13.4. The van der Waals surface area contributed by atoms with Crippen LogP contribution in [0.1, 0.15) is 37.2 Å². The van der Waals surface area contributed by atoms with Gasteiger partial charge in [0.05, 0.1) is 10.9 Å². The van der Waals surface area contributed by atoms with Crippen molar-refractivity contribution in [3.8, 4) is 0 Å². The zero-order valence-corrected chi connectivity index (χ0v) is 17.2. The van der Waals surface area contributed by atoms with E-state index in [2.05, 4.69) is 10.3 Å². The average Bonchev–Trinajstić information content (AvgIpc) is 2.72. The number of thioether (sulfide) groups is 1. The Bertz CT molecular complexity index is 1080. The van der Waals surface area contributed by atoms with Gasteiger partial charge in [0.1, 0.15) is 11.9 Å². The molecule has 6 nitrogen and oxygen atoms in total. The molecule has 0 spiro atoms. The van der Waals surface area contributed by atoms with Gasteiger partial charge in [0.25, 0.3) is 5.56 Å². The van der Waals surface area contributed by atoms with Crippen LogP contribution in [0.5, 0.6) is 0 Å². The van der Waals surface area contributed by atoms with E-state index >= 15 is 0 Å². The minimum Gasteiger partial charge on any atom is -0.297 e. The monoisotopic (exact) mass is 409 g/mol. The van der Waals surface area contributed by atoms with E-state index in [9.17, 15) is 14.4 Å². The van der Waals surface area contributed by atoms with E-state index in [0.29, 0.717) is 36.0 Å². The zero-order chi connectivity index (χ0) is 20.8. The lowest BCUT2D eigenvalue weighted by Crippen LogP contribution is -2.38. The molecule has 150 valence electrons. The molecule has 0 radical (unpaired) electrons. The van der Waals surface area contributed by atoms with Gasteiger partial charge in [-0.15, -0.1) is 11.8 Å². The third kappa shape index (κ3) is 4.56. The van der Waals surface area contributed by atoms with Gasteiger partial charge in [-0.1, -0.05) is 49.7 Å². The summed E-state index contributed by atoms with van der Waals surface area (Å²) in [7, 11) is 0. The molecule has 0 bridgehead atoms. The van der Waals surface area contributed by atoms with Gasteiger partial charge in [-0.25, -0.2) is 4.98 Å². The van der Waals surface area contributed by atoms with Crippen LogP contribution in [0.3, 0.4) is 0 Å². The minimum absolute atomic E-state index is 0.261. The van der Waals surface area contributed by atoms with Crippen LogP contribution in [0.15, 0.2) is 58.2 Å². The number of rotatable bonds is 8. The topological polar surface area (TPSA) is 81.1 Å². The smallest absolute Gasteiger partial charge is 0.263 e. The molecule has 3 rings (SSSR count). The zero-order valence-electron chi connectivity index (χ0n) is 16.4. The summed E-state index contributed by atoms with van der Waals surface area (Å²) in [5.74, 6) is 0.673. The first-order chi connectivity index (χ1) is 14.1. The van der Waals surface area contributed by atoms with Gasteiger partial charge < -0.3 is 0 Å². The number of hydrogen-bond acceptors (Lipinski definition) is 5. The highest BCUT2D eigenvalue weighted by molar-refractivity contribution is 7.98. The first-order valence-electron chi connectivity index (χ1n) is 9.49. The largest absolute Gasteiger partial charge is 0.297 e. The lowest BCUT2D eigenvalue weighted by Gasteiger charge is -2.20. The van der Waals surface area contributed by atoms with Crippen molar-refractivity contribution in [3.05, 3.63) is 70.3 Å². The molecule has 0 aliphatic carbocycles. The van der Waals surface area contributed by atoms with Gasteiger partial charge in [-0.3, -0.25) is 24.3 Å². The molecule has 1 atom stereocenters. The Kier molecular flexibility index (Phi) is 6.82. The first-order valence-corrected chi connectivity index (χ1v) is 10.5. The normalized spacial score (nSPS) is 11.9. The molecule has 2 amide bonds. The Morgan fingerprint density at radius 3 is 2.66 bits per heavy atom. The number of aryl methyl sites for hydroxylation is 1. The van der Waals surface area contributed by atoms with Crippen LogP contribution in [-0.2, 0) is 15.3 Å². The Morgan fingerprint density at radius 2 is 1.97 bits per heavy atom. The van der Waals surface area contributed by atoms with Crippen LogP contribution in [0, 0.1) is 6.92 Å². The van der Waals surface area contributed by atoms with Crippen molar-refractivity contribution in [1.29, 1.82) is 0 Å². The number of imide groups is 1. The molecule has 7 heteroatoms. The van der Waals surface area contributed by atoms with E-state index in [1.54, 1.807) is 24.8 Å². The second-order valence-corrected chi connectivity index (χ2v) is 7.71. The standard InChI is InChI=1S/C22H23N3O3S/c1-3-8-18(21(27)23-14-26)25-15(2)24-17-11-7-12-19(20(17)22(25)28)29-13-16-9-5-4-6-10-16/h4-7,9-12,14,18H,3,8,13H2,1-2H3,(H,23,26,27). The van der Waals surface area contributed by atoms with Crippen LogP contribution in [-0.4, -0.2) is 21.9 Å². The molecule has 2 aromatic carbocycles. The fourth-order valence-electron chi connectivity index (χ4n) is 3.35. The molecular formula is C22H23N3O3S. The maximum Gasteiger partial charge on any atom is 0.263 e. The number of nitrogens with one attached hydrogen (secondary N) is 1. The maximum absolute atomic E-state index is 13.4. The summed E-state index contributed by atoms with van der Waals surface area (Å²) in [4.78, 5) is 42.1. The Balaban J connectivity index is 2.09. The molecule has 1 N–H and O–H groups in total. The summed E-state index contributed by atoms with van der Waals surface area (Å²) >= 11 is 1.57. The number of carbonyl (C=O) groups excluding carboxylic acids is 2. The van der Waals surface area contributed by atoms with Gasteiger partial charge in [-0.2, -0.15) is 0 Å². The summed E-state index contributed by atoms with van der Waals surface area (Å²) in [5.41, 5.74) is 1.50. The number of nitrogens with zero attached hydrogens (tertiary/aromatic N) is 2. The van der Waals surface area contributed by atoms with E-state index in [-0.39, 0.29) is 5.56 Å². The molecule has 0 fully saturated rings. The molecule has 1 aromatic heterocycles. The molecule has 29 heavy (non-hydrogen) atoms. The SMILES string of the molecule is CCCC(C(=O)NC=O)n1c(C)nc2cccc(SCc3ccccc3)c2c1=O. The van der Waals surface area contributed by atoms with Crippen LogP contribution >= 0.6 is 11.8 Å². The Morgan fingerprint density at radius 1 is 1.21 bits per heavy atom. The van der Waals surface area contributed by atoms with E-state index < -0.39 is 11.9 Å². The summed E-state index contributed by atoms with van der Waals surface area (Å²) in [6.45, 7) is 3.64. The minimum atomic E-state index is -0.776. The highest BCUT2D eigenvalue weighted by Crippen LogP contribution is 2.28. The molecular weight excluding hydrogens is 386 g/mol. The summed E-state index contributed by atoms with van der Waals surface area (Å²) in [5, 5.41) is 2.68. The van der Waals surface area contributed by atoms with Crippen molar-refractivity contribution >= 4 is 35.0 Å². The van der Waals surface area contributed by atoms with Crippen molar-refractivity contribution in [2.45, 2.75) is 43.4 Å². The van der Waals surface area contributed by atoms with E-state index in [4.69, 9.17) is 0 Å². The highest BCUT2D eigenvalue weighted by Gasteiger charge is 2.24. The molecule has 1 unspecified atom stereocenters. The molecule has 3 aromatic rings. The Hall–Kier alpha value is -2.93. The third-order valence-corrected chi connectivity index (χ3v) is 5.81. The van der Waals surface area contributed by atoms with Crippen molar-refractivity contribution in [2.24, 2.45) is 0 Å². The van der Waals surface area contributed by atoms with Crippen LogP contribution in [0.2, 0.25) is 0 Å². The molecule has 0 saturated heterocycles. The highest BCUT2D eigenvalue weighted by atomic mass is 32.2. The predicted octanol–water partition coefficient (Wildman–Crippen LogP) is 3.61. The van der Waals surface area contributed by atoms with Crippen molar-refractivity contribution in [1.82, 2.24) is 14.9 Å². The van der Waals surface area contributed by atoms with Gasteiger partial charge in [0.15, 0.2) is 0 Å². The lowest BCUT2D eigenvalue weighted by molar-refractivity contribution is -0.128. The number of amides is 2. The fourth-order valence-corrected chi connectivity index (χ4v) is 4.38. The van der Waals surface area contributed by atoms with Gasteiger partial charge in [0, 0.05) is 10.6 Å². The van der Waals surface area contributed by atoms with Crippen LogP contribution < -0.4 is 10.9 Å². The van der Waals surface area contributed by atoms with E-state index in [0.717, 1.165) is 16.2 Å². The first kappa shape index (κ1) is 20.8. The van der Waals surface area contributed by atoms with Gasteiger partial charge >= 0.3 is 0 Å². The number of aromatic nitrogens is 2. The second-order valence-electron chi connectivity index (χ2n) is 6.69. The summed E-state index contributed by atoms with van der Waals surface area (Å²) in [6, 6.07) is 14.8. The molecule has 0 saturated carbocycles. The average molecular weight is 410 g/mol. The van der Waals surface area contributed by atoms with Crippen molar-refractivity contribution in [3.63, 3.8) is 0 Å². The van der Waals surface area contributed by atoms with E-state index in [1.807, 2.05) is 49.4 Å². The molecule has 0 aliphatic rings. The van der Waals surface area contributed by atoms with Gasteiger partial charge in [-0.05, 0) is 31.0 Å². The van der Waals surface area contributed by atoms with Crippen molar-refractivity contribution < 1.29 is 9.59 Å². The summed E-state index contributed by atoms with van der Waals surface area (Å²) in [6.07, 6.45) is 1.47. The number of hydrogen-bond donors (Lipinski definition) is 1. The second kappa shape index (κ2) is 9.52.